The van der Waals surface area contributed by atoms with E-state index in [1.54, 1.807) is 0 Å². The van der Waals surface area contributed by atoms with Gasteiger partial charge in [0.1, 0.15) is 0 Å². The number of nitrogens with zero attached hydrogens (tertiary/aromatic N) is 2. The molecule has 0 spiro atoms. The van der Waals surface area contributed by atoms with E-state index in [0.717, 1.165) is 25.7 Å². The van der Waals surface area contributed by atoms with E-state index in [2.05, 4.69) is 15.5 Å². The molecule has 5 nitrogen and oxygen atoms in total. The highest BCUT2D eigenvalue weighted by Gasteiger charge is 2.21. The fourth-order valence-electron chi connectivity index (χ4n) is 1.80. The summed E-state index contributed by atoms with van der Waals surface area (Å²) in [4.78, 5) is 11.6. The number of hydrogen-bond donors (Lipinski definition) is 1. The quantitative estimate of drug-likeness (QED) is 0.778. The molecule has 1 fully saturated rings. The molecule has 1 heterocycles. The van der Waals surface area contributed by atoms with E-state index >= 15 is 0 Å². The van der Waals surface area contributed by atoms with Gasteiger partial charge in [-0.3, -0.25) is 10.1 Å². The Labute approximate surface area is 81.9 Å². The Hall–Kier alpha value is -1.39. The van der Waals surface area contributed by atoms with Crippen LogP contribution in [0.2, 0.25) is 0 Å². The first-order valence-corrected chi connectivity index (χ1v) is 4.93. The monoisotopic (exact) mass is 195 g/mol. The van der Waals surface area contributed by atoms with Crippen LogP contribution >= 0.6 is 0 Å². The minimum Gasteiger partial charge on any atom is -0.411 e. The van der Waals surface area contributed by atoms with Gasteiger partial charge in [0.2, 0.25) is 12.3 Å². The minimum absolute atomic E-state index is 0.00829. The predicted octanol–water partition coefficient (Wildman–Crippen LogP) is 1.59. The average molecular weight is 195 g/mol. The second-order valence-electron chi connectivity index (χ2n) is 3.57. The van der Waals surface area contributed by atoms with Crippen LogP contribution in [0.15, 0.2) is 10.8 Å². The number of anilines is 1. The first kappa shape index (κ1) is 9.18. The minimum atomic E-state index is 0.00829. The molecule has 1 aromatic heterocycles. The van der Waals surface area contributed by atoms with Crippen molar-refractivity contribution in [3.8, 4) is 0 Å². The van der Waals surface area contributed by atoms with E-state index in [4.69, 9.17) is 4.42 Å². The van der Waals surface area contributed by atoms with E-state index < -0.39 is 0 Å². The summed E-state index contributed by atoms with van der Waals surface area (Å²) < 4.78 is 4.84. The Morgan fingerprint density at radius 2 is 2.21 bits per heavy atom. The molecule has 0 radical (unpaired) electrons. The van der Waals surface area contributed by atoms with Crippen molar-refractivity contribution in [1.29, 1.82) is 0 Å². The zero-order valence-corrected chi connectivity index (χ0v) is 7.90. The van der Waals surface area contributed by atoms with E-state index in [0.29, 0.717) is 0 Å². The lowest BCUT2D eigenvalue weighted by atomic mass is 9.89. The van der Waals surface area contributed by atoms with Crippen LogP contribution in [-0.4, -0.2) is 16.1 Å². The molecule has 2 rings (SSSR count). The maximum atomic E-state index is 11.6. The van der Waals surface area contributed by atoms with Gasteiger partial charge in [0.25, 0.3) is 0 Å². The third kappa shape index (κ3) is 2.10. The van der Waals surface area contributed by atoms with Gasteiger partial charge in [-0.05, 0) is 12.8 Å². The lowest BCUT2D eigenvalue weighted by molar-refractivity contribution is -0.120. The number of carbonyl (C=O) groups excluding carboxylic acids is 1. The molecule has 0 atom stereocenters. The molecule has 1 aliphatic carbocycles. The lowest BCUT2D eigenvalue weighted by Crippen LogP contribution is -2.24. The topological polar surface area (TPSA) is 68.0 Å². The van der Waals surface area contributed by atoms with Crippen molar-refractivity contribution >= 4 is 11.9 Å². The molecular weight excluding hydrogens is 182 g/mol. The number of aromatic nitrogens is 2. The van der Waals surface area contributed by atoms with Gasteiger partial charge in [0, 0.05) is 5.92 Å². The smallest absolute Gasteiger partial charge is 0.322 e. The molecular formula is C9H13N3O2. The number of amides is 1. The first-order valence-electron chi connectivity index (χ1n) is 4.93. The summed E-state index contributed by atoms with van der Waals surface area (Å²) in [6.45, 7) is 0. The van der Waals surface area contributed by atoms with Crippen LogP contribution in [0.1, 0.15) is 32.1 Å². The van der Waals surface area contributed by atoms with Crippen LogP contribution < -0.4 is 5.32 Å². The van der Waals surface area contributed by atoms with Crippen molar-refractivity contribution in [3.05, 3.63) is 6.39 Å². The fraction of sp³-hybridized carbons (Fsp3) is 0.667. The number of carbonyl (C=O) groups is 1. The summed E-state index contributed by atoms with van der Waals surface area (Å²) in [6.07, 6.45) is 6.67. The molecule has 0 bridgehead atoms. The van der Waals surface area contributed by atoms with Crippen LogP contribution in [0.5, 0.6) is 0 Å². The zero-order chi connectivity index (χ0) is 9.80. The van der Waals surface area contributed by atoms with Gasteiger partial charge < -0.3 is 4.42 Å². The van der Waals surface area contributed by atoms with Crippen LogP contribution in [0.3, 0.4) is 0 Å². The maximum absolute atomic E-state index is 11.6. The Balaban J connectivity index is 1.88. The Morgan fingerprint density at radius 1 is 1.43 bits per heavy atom. The van der Waals surface area contributed by atoms with E-state index in [1.807, 2.05) is 0 Å². The summed E-state index contributed by atoms with van der Waals surface area (Å²) in [5.41, 5.74) is 0. The molecule has 1 aliphatic rings. The number of hydrogen-bond acceptors (Lipinski definition) is 4. The molecule has 76 valence electrons. The second-order valence-corrected chi connectivity index (χ2v) is 3.57. The standard InChI is InChI=1S/C9H13N3O2/c13-8(7-4-2-1-3-5-7)11-9-12-10-6-14-9/h6-7H,1-5H2,(H,11,12,13). The molecule has 0 saturated heterocycles. The highest BCUT2D eigenvalue weighted by Crippen LogP contribution is 2.24. The molecule has 0 aromatic carbocycles. The third-order valence-corrected chi connectivity index (χ3v) is 2.57. The van der Waals surface area contributed by atoms with Gasteiger partial charge in [-0.15, -0.1) is 5.10 Å². The highest BCUT2D eigenvalue weighted by molar-refractivity contribution is 5.90. The molecule has 14 heavy (non-hydrogen) atoms. The molecule has 5 heteroatoms. The number of nitrogens with one attached hydrogen (secondary N) is 1. The van der Waals surface area contributed by atoms with Gasteiger partial charge in [-0.1, -0.05) is 24.4 Å². The van der Waals surface area contributed by atoms with Crippen molar-refractivity contribution in [3.63, 3.8) is 0 Å². The summed E-state index contributed by atoms with van der Waals surface area (Å²) in [5.74, 6) is 0.129. The van der Waals surface area contributed by atoms with Gasteiger partial charge in [0.05, 0.1) is 0 Å². The van der Waals surface area contributed by atoms with Crippen LogP contribution in [0.4, 0.5) is 6.01 Å². The van der Waals surface area contributed by atoms with E-state index in [-0.39, 0.29) is 17.8 Å². The van der Waals surface area contributed by atoms with Gasteiger partial charge in [-0.25, -0.2) is 0 Å². The van der Waals surface area contributed by atoms with E-state index in [9.17, 15) is 4.79 Å². The summed E-state index contributed by atoms with van der Waals surface area (Å²) in [6, 6.07) is 0.195. The van der Waals surface area contributed by atoms with Crippen molar-refractivity contribution in [1.82, 2.24) is 10.2 Å². The van der Waals surface area contributed by atoms with E-state index in [1.165, 1.54) is 12.8 Å². The van der Waals surface area contributed by atoms with Gasteiger partial charge >= 0.3 is 6.01 Å². The lowest BCUT2D eigenvalue weighted by Gasteiger charge is -2.19. The predicted molar refractivity (Wildman–Crippen MR) is 49.5 cm³/mol. The molecule has 1 saturated carbocycles. The Kier molecular flexibility index (Phi) is 2.76. The van der Waals surface area contributed by atoms with Crippen molar-refractivity contribution in [2.75, 3.05) is 5.32 Å². The van der Waals surface area contributed by atoms with Gasteiger partial charge in [-0.2, -0.15) is 0 Å². The van der Waals surface area contributed by atoms with Gasteiger partial charge in [0.15, 0.2) is 0 Å². The van der Waals surface area contributed by atoms with Crippen LogP contribution in [0, 0.1) is 5.92 Å². The SMILES string of the molecule is O=C(Nc1nnco1)C1CCCCC1. The summed E-state index contributed by atoms with van der Waals surface area (Å²) in [7, 11) is 0. The first-order chi connectivity index (χ1) is 6.86. The average Bonchev–Trinajstić information content (AvgIpc) is 2.72. The molecule has 0 unspecified atom stereocenters. The maximum Gasteiger partial charge on any atom is 0.322 e. The normalized spacial score (nSPS) is 18.0. The summed E-state index contributed by atoms with van der Waals surface area (Å²) >= 11 is 0. The van der Waals surface area contributed by atoms with Crippen molar-refractivity contribution in [2.45, 2.75) is 32.1 Å². The molecule has 1 amide bonds. The van der Waals surface area contributed by atoms with Crippen molar-refractivity contribution < 1.29 is 9.21 Å². The fourth-order valence-corrected chi connectivity index (χ4v) is 1.80. The molecule has 1 N–H and O–H groups in total. The third-order valence-electron chi connectivity index (χ3n) is 2.57. The van der Waals surface area contributed by atoms with Crippen LogP contribution in [-0.2, 0) is 4.79 Å². The van der Waals surface area contributed by atoms with Crippen molar-refractivity contribution in [2.24, 2.45) is 5.92 Å². The summed E-state index contributed by atoms with van der Waals surface area (Å²) in [5, 5.41) is 9.70. The molecule has 0 aliphatic heterocycles. The zero-order valence-electron chi connectivity index (χ0n) is 7.90. The van der Waals surface area contributed by atoms with Crippen LogP contribution in [0.25, 0.3) is 0 Å². The Bertz CT molecular complexity index is 291. The second kappa shape index (κ2) is 4.21. The largest absolute Gasteiger partial charge is 0.411 e. The Morgan fingerprint density at radius 3 is 2.86 bits per heavy atom. The number of rotatable bonds is 2. The highest BCUT2D eigenvalue weighted by atomic mass is 16.4. The molecule has 1 aromatic rings.